The van der Waals surface area contributed by atoms with Gasteiger partial charge in [-0.1, -0.05) is 0 Å². The van der Waals surface area contributed by atoms with Gasteiger partial charge in [0.1, 0.15) is 5.82 Å². The van der Waals surface area contributed by atoms with E-state index in [1.807, 2.05) is 0 Å². The van der Waals surface area contributed by atoms with Crippen molar-refractivity contribution in [3.63, 3.8) is 0 Å². The molecule has 0 radical (unpaired) electrons. The molecule has 1 spiro atoms. The molecule has 3 rings (SSSR count). The standard InChI is InChI=1S/C16H21FN2O3S/c1-23(21,22)19-11-3-9-16(19)8-2-10-18(12-16)15(20)13-4-6-14(17)7-5-13/h4-7H,2-3,8-12H2,1H3/t16-/m1/s1. The Morgan fingerprint density at radius 3 is 2.35 bits per heavy atom. The highest BCUT2D eigenvalue weighted by Crippen LogP contribution is 2.39. The maximum atomic E-state index is 13.0. The maximum Gasteiger partial charge on any atom is 0.253 e. The van der Waals surface area contributed by atoms with Gasteiger partial charge in [0.15, 0.2) is 0 Å². The summed E-state index contributed by atoms with van der Waals surface area (Å²) in [6.45, 7) is 1.54. The molecule has 0 aliphatic carbocycles. The van der Waals surface area contributed by atoms with Gasteiger partial charge in [-0.25, -0.2) is 12.8 Å². The first-order chi connectivity index (χ1) is 10.8. The number of likely N-dealkylation sites (tertiary alicyclic amines) is 1. The van der Waals surface area contributed by atoms with Crippen LogP contribution in [0.5, 0.6) is 0 Å². The molecule has 1 atom stereocenters. The lowest BCUT2D eigenvalue weighted by Gasteiger charge is -2.44. The molecule has 23 heavy (non-hydrogen) atoms. The molecule has 1 amide bonds. The Morgan fingerprint density at radius 1 is 1.13 bits per heavy atom. The molecular formula is C16H21FN2O3S. The number of piperidine rings is 1. The summed E-state index contributed by atoms with van der Waals surface area (Å²) in [5.41, 5.74) is -0.0333. The summed E-state index contributed by atoms with van der Waals surface area (Å²) in [5, 5.41) is 0. The van der Waals surface area contributed by atoms with Crippen molar-refractivity contribution < 1.29 is 17.6 Å². The predicted molar refractivity (Wildman–Crippen MR) is 85.1 cm³/mol. The van der Waals surface area contributed by atoms with Crippen molar-refractivity contribution in [1.82, 2.24) is 9.21 Å². The van der Waals surface area contributed by atoms with E-state index in [1.165, 1.54) is 30.5 Å². The fourth-order valence-electron chi connectivity index (χ4n) is 3.90. The van der Waals surface area contributed by atoms with Gasteiger partial charge in [-0.3, -0.25) is 4.79 Å². The van der Waals surface area contributed by atoms with E-state index in [4.69, 9.17) is 0 Å². The van der Waals surface area contributed by atoms with Crippen molar-refractivity contribution in [2.24, 2.45) is 0 Å². The van der Waals surface area contributed by atoms with E-state index >= 15 is 0 Å². The lowest BCUT2D eigenvalue weighted by Crippen LogP contribution is -2.58. The summed E-state index contributed by atoms with van der Waals surface area (Å²) >= 11 is 0. The molecule has 0 bridgehead atoms. The quantitative estimate of drug-likeness (QED) is 0.826. The lowest BCUT2D eigenvalue weighted by atomic mass is 9.87. The monoisotopic (exact) mass is 340 g/mol. The van der Waals surface area contributed by atoms with E-state index in [1.54, 1.807) is 9.21 Å². The number of sulfonamides is 1. The van der Waals surface area contributed by atoms with Gasteiger partial charge in [0.05, 0.1) is 11.8 Å². The first kappa shape index (κ1) is 16.4. The number of carbonyl (C=O) groups excluding carboxylic acids is 1. The zero-order valence-corrected chi connectivity index (χ0v) is 14.0. The molecule has 1 aromatic carbocycles. The molecule has 5 nitrogen and oxygen atoms in total. The van der Waals surface area contributed by atoms with E-state index in [0.717, 1.165) is 25.7 Å². The highest BCUT2D eigenvalue weighted by atomic mass is 32.2. The van der Waals surface area contributed by atoms with E-state index < -0.39 is 15.6 Å². The van der Waals surface area contributed by atoms with Gasteiger partial charge in [0, 0.05) is 25.2 Å². The fraction of sp³-hybridized carbons (Fsp3) is 0.562. The Bertz CT molecular complexity index is 705. The fourth-order valence-corrected chi connectivity index (χ4v) is 5.30. The second-order valence-corrected chi connectivity index (χ2v) is 8.41. The summed E-state index contributed by atoms with van der Waals surface area (Å²) in [6.07, 6.45) is 4.41. The second-order valence-electron chi connectivity index (χ2n) is 6.50. The van der Waals surface area contributed by atoms with Gasteiger partial charge >= 0.3 is 0 Å². The Labute approximate surface area is 136 Å². The van der Waals surface area contributed by atoms with Gasteiger partial charge in [-0.2, -0.15) is 4.31 Å². The van der Waals surface area contributed by atoms with Gasteiger partial charge in [-0.15, -0.1) is 0 Å². The third-order valence-electron chi connectivity index (χ3n) is 4.87. The molecule has 2 aliphatic rings. The summed E-state index contributed by atoms with van der Waals surface area (Å²) in [6, 6.07) is 5.49. The molecule has 2 fully saturated rings. The van der Waals surface area contributed by atoms with Crippen LogP contribution in [0.4, 0.5) is 4.39 Å². The Morgan fingerprint density at radius 2 is 1.74 bits per heavy atom. The van der Waals surface area contributed by atoms with Crippen LogP contribution in [0.2, 0.25) is 0 Å². The van der Waals surface area contributed by atoms with Crippen LogP contribution in [0.25, 0.3) is 0 Å². The number of nitrogens with zero attached hydrogens (tertiary/aromatic N) is 2. The van der Waals surface area contributed by atoms with Crippen molar-refractivity contribution >= 4 is 15.9 Å². The summed E-state index contributed by atoms with van der Waals surface area (Å²) in [4.78, 5) is 14.4. The lowest BCUT2D eigenvalue weighted by molar-refractivity contribution is 0.0524. The van der Waals surface area contributed by atoms with Crippen molar-refractivity contribution in [3.05, 3.63) is 35.6 Å². The van der Waals surface area contributed by atoms with Crippen LogP contribution in [-0.4, -0.2) is 55.0 Å². The highest BCUT2D eigenvalue weighted by Gasteiger charge is 2.48. The number of hydrogen-bond acceptors (Lipinski definition) is 3. The minimum Gasteiger partial charge on any atom is -0.337 e. The molecule has 2 saturated heterocycles. The molecule has 0 saturated carbocycles. The van der Waals surface area contributed by atoms with Crippen molar-refractivity contribution in [1.29, 1.82) is 0 Å². The molecular weight excluding hydrogens is 319 g/mol. The third-order valence-corrected chi connectivity index (χ3v) is 6.24. The zero-order chi connectivity index (χ0) is 16.7. The number of benzene rings is 1. The van der Waals surface area contributed by atoms with Crippen LogP contribution in [0, 0.1) is 5.82 Å². The molecule has 2 heterocycles. The van der Waals surface area contributed by atoms with Crippen LogP contribution in [0.15, 0.2) is 24.3 Å². The van der Waals surface area contributed by atoms with E-state index in [2.05, 4.69) is 0 Å². The summed E-state index contributed by atoms with van der Waals surface area (Å²) < 4.78 is 38.7. The third kappa shape index (κ3) is 3.12. The topological polar surface area (TPSA) is 57.7 Å². The SMILES string of the molecule is CS(=O)(=O)N1CCC[C@@]12CCCN(C(=O)c1ccc(F)cc1)C2. The largest absolute Gasteiger partial charge is 0.337 e. The molecule has 126 valence electrons. The minimum atomic E-state index is -3.28. The average molecular weight is 340 g/mol. The second kappa shape index (κ2) is 5.87. The van der Waals surface area contributed by atoms with Crippen molar-refractivity contribution in [3.8, 4) is 0 Å². The Balaban J connectivity index is 1.83. The van der Waals surface area contributed by atoms with Crippen LogP contribution >= 0.6 is 0 Å². The maximum absolute atomic E-state index is 13.0. The van der Waals surface area contributed by atoms with Gasteiger partial charge in [0.2, 0.25) is 10.0 Å². The van der Waals surface area contributed by atoms with Crippen LogP contribution in [0.1, 0.15) is 36.0 Å². The number of halogens is 1. The van der Waals surface area contributed by atoms with Gasteiger partial charge < -0.3 is 4.90 Å². The summed E-state index contributed by atoms with van der Waals surface area (Å²) in [5.74, 6) is -0.542. The minimum absolute atomic E-state index is 0.163. The predicted octanol–water partition coefficient (Wildman–Crippen LogP) is 1.86. The van der Waals surface area contributed by atoms with E-state index in [9.17, 15) is 17.6 Å². The normalized spacial score (nSPS) is 25.9. The van der Waals surface area contributed by atoms with E-state index in [-0.39, 0.29) is 11.7 Å². The highest BCUT2D eigenvalue weighted by molar-refractivity contribution is 7.88. The molecule has 1 aromatic rings. The van der Waals surface area contributed by atoms with E-state index in [0.29, 0.717) is 25.2 Å². The smallest absolute Gasteiger partial charge is 0.253 e. The van der Waals surface area contributed by atoms with Crippen molar-refractivity contribution in [2.45, 2.75) is 31.2 Å². The molecule has 0 N–H and O–H groups in total. The van der Waals surface area contributed by atoms with Crippen LogP contribution in [0.3, 0.4) is 0 Å². The van der Waals surface area contributed by atoms with Crippen molar-refractivity contribution in [2.75, 3.05) is 25.9 Å². The molecule has 0 aromatic heterocycles. The van der Waals surface area contributed by atoms with Crippen LogP contribution < -0.4 is 0 Å². The number of carbonyl (C=O) groups is 1. The summed E-state index contributed by atoms with van der Waals surface area (Å²) in [7, 11) is -3.28. The number of rotatable bonds is 2. The number of amides is 1. The van der Waals surface area contributed by atoms with Gasteiger partial charge in [-0.05, 0) is 49.9 Å². The number of hydrogen-bond donors (Lipinski definition) is 0. The Kier molecular flexibility index (Phi) is 4.18. The van der Waals surface area contributed by atoms with Gasteiger partial charge in [0.25, 0.3) is 5.91 Å². The molecule has 0 unspecified atom stereocenters. The molecule has 2 aliphatic heterocycles. The van der Waals surface area contributed by atoms with Crippen LogP contribution in [-0.2, 0) is 10.0 Å². The first-order valence-electron chi connectivity index (χ1n) is 7.85. The first-order valence-corrected chi connectivity index (χ1v) is 9.69. The average Bonchev–Trinajstić information content (AvgIpc) is 2.90. The zero-order valence-electron chi connectivity index (χ0n) is 13.2. The molecule has 7 heteroatoms. The Hall–Kier alpha value is -1.47.